The monoisotopic (exact) mass is 369 g/mol. The average Bonchev–Trinajstić information content (AvgIpc) is 2.66. The topological polar surface area (TPSA) is 63.7 Å². The van der Waals surface area contributed by atoms with Crippen LogP contribution >= 0.6 is 0 Å². The van der Waals surface area contributed by atoms with E-state index in [4.69, 9.17) is 4.74 Å². The van der Waals surface area contributed by atoms with Crippen molar-refractivity contribution in [1.82, 2.24) is 0 Å². The number of fused-ring (bicyclic) bond motifs is 1. The van der Waals surface area contributed by atoms with E-state index in [1.165, 1.54) is 12.1 Å². The lowest BCUT2D eigenvalue weighted by Crippen LogP contribution is -2.36. The smallest absolute Gasteiger partial charge is 0.326 e. The van der Waals surface area contributed by atoms with Crippen LogP contribution in [0.1, 0.15) is 6.92 Å². The summed E-state index contributed by atoms with van der Waals surface area (Å²) in [5.41, 5.74) is 0.444. The third kappa shape index (κ3) is 3.55. The van der Waals surface area contributed by atoms with E-state index in [1.807, 2.05) is 30.3 Å². The van der Waals surface area contributed by atoms with Gasteiger partial charge in [0.2, 0.25) is 0 Å². The molecule has 0 N–H and O–H groups in total. The van der Waals surface area contributed by atoms with Gasteiger partial charge in [0.25, 0.3) is 10.0 Å². The Balaban J connectivity index is 2.16. The molecule has 5 nitrogen and oxygen atoms in total. The van der Waals surface area contributed by atoms with Crippen LogP contribution in [0.5, 0.6) is 0 Å². The Labute approximate surface area is 152 Å². The largest absolute Gasteiger partial charge is 0.465 e. The molecule has 3 aromatic carbocycles. The van der Waals surface area contributed by atoms with E-state index in [2.05, 4.69) is 0 Å². The van der Waals surface area contributed by atoms with E-state index in [1.54, 1.807) is 37.3 Å². The maximum absolute atomic E-state index is 13.2. The van der Waals surface area contributed by atoms with E-state index in [0.29, 0.717) is 5.69 Å². The minimum Gasteiger partial charge on any atom is -0.465 e. The number of ether oxygens (including phenoxy) is 1. The third-order valence-electron chi connectivity index (χ3n) is 3.94. The van der Waals surface area contributed by atoms with Gasteiger partial charge >= 0.3 is 5.97 Å². The van der Waals surface area contributed by atoms with E-state index in [0.717, 1.165) is 15.1 Å². The molecule has 0 atom stereocenters. The van der Waals surface area contributed by atoms with Crippen molar-refractivity contribution in [2.75, 3.05) is 17.5 Å². The van der Waals surface area contributed by atoms with Gasteiger partial charge in [-0.15, -0.1) is 0 Å². The number of carbonyl (C=O) groups is 1. The summed E-state index contributed by atoms with van der Waals surface area (Å²) < 4.78 is 32.6. The lowest BCUT2D eigenvalue weighted by Gasteiger charge is -2.25. The van der Waals surface area contributed by atoms with E-state index < -0.39 is 16.0 Å². The van der Waals surface area contributed by atoms with E-state index >= 15 is 0 Å². The Morgan fingerprint density at radius 3 is 2.31 bits per heavy atom. The molecule has 0 spiro atoms. The fourth-order valence-electron chi connectivity index (χ4n) is 2.77. The van der Waals surface area contributed by atoms with Crippen molar-refractivity contribution in [3.8, 4) is 0 Å². The van der Waals surface area contributed by atoms with Crippen molar-refractivity contribution in [1.29, 1.82) is 0 Å². The zero-order valence-electron chi connectivity index (χ0n) is 14.3. The first-order chi connectivity index (χ1) is 12.5. The molecule has 0 saturated carbocycles. The molecule has 6 heteroatoms. The van der Waals surface area contributed by atoms with Crippen LogP contribution in [0.4, 0.5) is 5.69 Å². The highest BCUT2D eigenvalue weighted by atomic mass is 32.2. The van der Waals surface area contributed by atoms with E-state index in [9.17, 15) is 13.2 Å². The molecule has 26 heavy (non-hydrogen) atoms. The highest BCUT2D eigenvalue weighted by Crippen LogP contribution is 2.31. The predicted molar refractivity (Wildman–Crippen MR) is 102 cm³/mol. The number of anilines is 1. The van der Waals surface area contributed by atoms with E-state index in [-0.39, 0.29) is 18.0 Å². The third-order valence-corrected chi connectivity index (χ3v) is 5.72. The van der Waals surface area contributed by atoms with Crippen molar-refractivity contribution >= 4 is 32.5 Å². The normalized spacial score (nSPS) is 11.3. The molecule has 0 aromatic heterocycles. The van der Waals surface area contributed by atoms with Crippen LogP contribution in [0.25, 0.3) is 10.8 Å². The maximum atomic E-state index is 13.2. The van der Waals surface area contributed by atoms with Crippen molar-refractivity contribution in [3.63, 3.8) is 0 Å². The summed E-state index contributed by atoms with van der Waals surface area (Å²) in [5.74, 6) is -0.597. The Kier molecular flexibility index (Phi) is 5.23. The number of benzene rings is 3. The van der Waals surface area contributed by atoms with Crippen LogP contribution in [0.15, 0.2) is 77.7 Å². The molecule has 0 aliphatic heterocycles. The lowest BCUT2D eigenvalue weighted by molar-refractivity contribution is -0.141. The van der Waals surface area contributed by atoms with Gasteiger partial charge in [0.15, 0.2) is 0 Å². The van der Waals surface area contributed by atoms with Crippen LogP contribution < -0.4 is 4.31 Å². The fraction of sp³-hybridized carbons (Fsp3) is 0.150. The number of hydrogen-bond acceptors (Lipinski definition) is 4. The molecule has 0 radical (unpaired) electrons. The first kappa shape index (κ1) is 17.9. The lowest BCUT2D eigenvalue weighted by atomic mass is 10.1. The van der Waals surface area contributed by atoms with Gasteiger partial charge in [-0.3, -0.25) is 9.10 Å². The molecule has 134 valence electrons. The summed E-state index contributed by atoms with van der Waals surface area (Å²) in [6.45, 7) is 1.48. The molecular weight excluding hydrogens is 350 g/mol. The molecule has 0 fully saturated rings. The molecule has 0 aliphatic rings. The standard InChI is InChI=1S/C20H19NO4S/c1-2-25-20(22)15-21(26(23,24)17-11-4-3-5-12-17)19-14-8-10-16-9-6-7-13-18(16)19/h3-14H,2,15H2,1H3. The van der Waals surface area contributed by atoms with Gasteiger partial charge in [0.05, 0.1) is 17.2 Å². The minimum atomic E-state index is -3.93. The molecule has 3 aromatic rings. The van der Waals surface area contributed by atoms with Gasteiger partial charge in [0, 0.05) is 5.39 Å². The first-order valence-electron chi connectivity index (χ1n) is 8.25. The predicted octanol–water partition coefficient (Wildman–Crippen LogP) is 3.60. The second kappa shape index (κ2) is 7.58. The van der Waals surface area contributed by atoms with Gasteiger partial charge in [-0.1, -0.05) is 54.6 Å². The van der Waals surface area contributed by atoms with Gasteiger partial charge < -0.3 is 4.74 Å². The number of nitrogens with zero attached hydrogens (tertiary/aromatic N) is 1. The Morgan fingerprint density at radius 2 is 1.58 bits per heavy atom. The summed E-state index contributed by atoms with van der Waals surface area (Å²) in [4.78, 5) is 12.2. The molecule has 0 aliphatic carbocycles. The number of hydrogen-bond donors (Lipinski definition) is 0. The number of esters is 1. The Hall–Kier alpha value is -2.86. The zero-order chi connectivity index (χ0) is 18.6. The van der Waals surface area contributed by atoms with Crippen molar-refractivity contribution < 1.29 is 17.9 Å². The SMILES string of the molecule is CCOC(=O)CN(c1cccc2ccccc12)S(=O)(=O)c1ccccc1. The number of sulfonamides is 1. The highest BCUT2D eigenvalue weighted by Gasteiger charge is 2.28. The molecule has 0 bridgehead atoms. The average molecular weight is 369 g/mol. The Morgan fingerprint density at radius 1 is 0.923 bits per heavy atom. The first-order valence-corrected chi connectivity index (χ1v) is 9.69. The maximum Gasteiger partial charge on any atom is 0.326 e. The number of rotatable bonds is 6. The van der Waals surface area contributed by atoms with Gasteiger partial charge in [-0.05, 0) is 30.5 Å². The van der Waals surface area contributed by atoms with Gasteiger partial charge in [-0.2, -0.15) is 0 Å². The second-order valence-electron chi connectivity index (χ2n) is 5.63. The van der Waals surface area contributed by atoms with Gasteiger partial charge in [0.1, 0.15) is 6.54 Å². The number of carbonyl (C=O) groups excluding carboxylic acids is 1. The van der Waals surface area contributed by atoms with Crippen LogP contribution in [-0.4, -0.2) is 27.5 Å². The highest BCUT2D eigenvalue weighted by molar-refractivity contribution is 7.92. The van der Waals surface area contributed by atoms with Crippen molar-refractivity contribution in [2.24, 2.45) is 0 Å². The van der Waals surface area contributed by atoms with Crippen LogP contribution in [-0.2, 0) is 19.6 Å². The summed E-state index contributed by atoms with van der Waals surface area (Å²) in [5, 5.41) is 1.64. The molecule has 3 rings (SSSR count). The quantitative estimate of drug-likeness (QED) is 0.623. The summed E-state index contributed by atoms with van der Waals surface area (Å²) in [7, 11) is -3.93. The Bertz CT molecular complexity index is 1010. The van der Waals surface area contributed by atoms with Crippen molar-refractivity contribution in [3.05, 3.63) is 72.8 Å². The summed E-state index contributed by atoms with van der Waals surface area (Å²) >= 11 is 0. The molecule has 0 unspecified atom stereocenters. The zero-order valence-corrected chi connectivity index (χ0v) is 15.1. The fourth-order valence-corrected chi connectivity index (χ4v) is 4.22. The van der Waals surface area contributed by atoms with Crippen LogP contribution in [0.2, 0.25) is 0 Å². The molecule has 0 saturated heterocycles. The van der Waals surface area contributed by atoms with Crippen LogP contribution in [0.3, 0.4) is 0 Å². The summed E-state index contributed by atoms with van der Waals surface area (Å²) in [6.07, 6.45) is 0. The van der Waals surface area contributed by atoms with Crippen LogP contribution in [0, 0.1) is 0 Å². The van der Waals surface area contributed by atoms with Crippen molar-refractivity contribution in [2.45, 2.75) is 11.8 Å². The molecule has 0 heterocycles. The minimum absolute atomic E-state index is 0.122. The summed E-state index contributed by atoms with van der Waals surface area (Å²) in [6, 6.07) is 20.9. The van der Waals surface area contributed by atoms with Gasteiger partial charge in [-0.25, -0.2) is 8.42 Å². The second-order valence-corrected chi connectivity index (χ2v) is 7.49. The molecular formula is C20H19NO4S. The molecule has 0 amide bonds.